The first-order valence-corrected chi connectivity index (χ1v) is 6.81. The van der Waals surface area contributed by atoms with Gasteiger partial charge in [-0.05, 0) is 6.07 Å². The molecule has 7 nitrogen and oxygen atoms in total. The van der Waals surface area contributed by atoms with E-state index in [0.717, 1.165) is 11.1 Å². The van der Waals surface area contributed by atoms with Crippen LogP contribution in [-0.2, 0) is 4.79 Å². The molecular weight excluding hydrogens is 286 g/mol. The second kappa shape index (κ2) is 5.59. The van der Waals surface area contributed by atoms with Crippen molar-refractivity contribution in [3.8, 4) is 17.2 Å². The number of rotatable bonds is 4. The first-order chi connectivity index (χ1) is 10.7. The summed E-state index contributed by atoms with van der Waals surface area (Å²) in [6, 6.07) is 3.61. The van der Waals surface area contributed by atoms with Crippen LogP contribution in [0.25, 0.3) is 0 Å². The number of fused-ring (bicyclic) bond motifs is 1. The van der Waals surface area contributed by atoms with E-state index in [1.54, 1.807) is 33.6 Å². The molecule has 0 unspecified atom stereocenters. The van der Waals surface area contributed by atoms with E-state index in [-0.39, 0.29) is 11.8 Å². The molecule has 2 heterocycles. The van der Waals surface area contributed by atoms with Crippen LogP contribution in [0.15, 0.2) is 18.3 Å². The second-order valence-corrected chi connectivity index (χ2v) is 4.95. The number of ether oxygens (including phenoxy) is 3. The van der Waals surface area contributed by atoms with Gasteiger partial charge < -0.3 is 19.5 Å². The Labute approximate surface area is 127 Å². The van der Waals surface area contributed by atoms with Crippen molar-refractivity contribution in [2.75, 3.05) is 26.6 Å². The summed E-state index contributed by atoms with van der Waals surface area (Å²) in [5, 5.41) is 9.58. The van der Waals surface area contributed by atoms with Crippen LogP contribution in [0.3, 0.4) is 0 Å². The molecule has 3 rings (SSSR count). The number of carbonyl (C=O) groups excluding carboxylic acids is 1. The van der Waals surface area contributed by atoms with Gasteiger partial charge in [-0.2, -0.15) is 5.10 Å². The van der Waals surface area contributed by atoms with Gasteiger partial charge in [-0.1, -0.05) is 0 Å². The largest absolute Gasteiger partial charge is 0.496 e. The van der Waals surface area contributed by atoms with Crippen LogP contribution in [0.4, 0.5) is 5.82 Å². The molecule has 0 radical (unpaired) electrons. The fourth-order valence-electron chi connectivity index (χ4n) is 2.75. The summed E-state index contributed by atoms with van der Waals surface area (Å²) < 4.78 is 16.1. The van der Waals surface area contributed by atoms with Gasteiger partial charge in [0.15, 0.2) is 11.5 Å². The average Bonchev–Trinajstić information content (AvgIpc) is 3.00. The van der Waals surface area contributed by atoms with E-state index in [4.69, 9.17) is 14.2 Å². The predicted molar refractivity (Wildman–Crippen MR) is 79.8 cm³/mol. The zero-order chi connectivity index (χ0) is 15.7. The number of carbonyl (C=O) groups is 1. The topological polar surface area (TPSA) is 85.5 Å². The normalized spacial score (nSPS) is 16.7. The number of nitrogens with one attached hydrogen (secondary N) is 2. The lowest BCUT2D eigenvalue weighted by Crippen LogP contribution is -2.23. The number of methoxy groups -OCH3 is 3. The highest BCUT2D eigenvalue weighted by Gasteiger charge is 2.31. The fourth-order valence-corrected chi connectivity index (χ4v) is 2.75. The zero-order valence-electron chi connectivity index (χ0n) is 12.6. The Morgan fingerprint density at radius 2 is 1.73 bits per heavy atom. The maximum absolute atomic E-state index is 11.9. The van der Waals surface area contributed by atoms with Gasteiger partial charge in [0.25, 0.3) is 0 Å². The molecular formula is C15H17N3O4. The Balaban J connectivity index is 2.14. The van der Waals surface area contributed by atoms with Gasteiger partial charge >= 0.3 is 0 Å². The summed E-state index contributed by atoms with van der Waals surface area (Å²) >= 11 is 0. The summed E-state index contributed by atoms with van der Waals surface area (Å²) in [7, 11) is 4.73. The van der Waals surface area contributed by atoms with Gasteiger partial charge in [0, 0.05) is 29.5 Å². The van der Waals surface area contributed by atoms with Crippen LogP contribution >= 0.6 is 0 Å². The number of aromatic nitrogens is 2. The fraction of sp³-hybridized carbons (Fsp3) is 0.333. The van der Waals surface area contributed by atoms with Crippen LogP contribution < -0.4 is 19.5 Å². The Morgan fingerprint density at radius 1 is 1.05 bits per heavy atom. The Hall–Kier alpha value is -2.70. The quantitative estimate of drug-likeness (QED) is 0.901. The lowest BCUT2D eigenvalue weighted by molar-refractivity contribution is -0.116. The maximum atomic E-state index is 11.9. The summed E-state index contributed by atoms with van der Waals surface area (Å²) in [6.07, 6.45) is 2.04. The smallest absolute Gasteiger partial charge is 0.226 e. The third kappa shape index (κ3) is 2.24. The highest BCUT2D eigenvalue weighted by molar-refractivity contribution is 5.94. The molecule has 116 valence electrons. The molecule has 1 aliphatic rings. The SMILES string of the molecule is COc1cc(OC)c([C@H]2CC(=O)Nc3[nH]ncc32)cc1OC. The monoisotopic (exact) mass is 303 g/mol. The highest BCUT2D eigenvalue weighted by Crippen LogP contribution is 2.44. The van der Waals surface area contributed by atoms with E-state index in [2.05, 4.69) is 15.5 Å². The minimum Gasteiger partial charge on any atom is -0.496 e. The summed E-state index contributed by atoms with van der Waals surface area (Å²) in [6.45, 7) is 0. The van der Waals surface area contributed by atoms with Gasteiger partial charge in [0.05, 0.1) is 27.5 Å². The Morgan fingerprint density at radius 3 is 2.41 bits per heavy atom. The highest BCUT2D eigenvalue weighted by atomic mass is 16.5. The molecule has 0 bridgehead atoms. The van der Waals surface area contributed by atoms with Gasteiger partial charge in [-0.15, -0.1) is 0 Å². The summed E-state index contributed by atoms with van der Waals surface area (Å²) in [5.41, 5.74) is 1.78. The number of nitrogens with zero attached hydrogens (tertiary/aromatic N) is 1. The molecule has 0 saturated heterocycles. The molecule has 0 saturated carbocycles. The number of amides is 1. The standard InChI is InChI=1S/C15H17N3O4/c1-20-11-6-13(22-3)12(21-2)4-9(11)8-5-14(19)17-15-10(8)7-16-18-15/h4,6-8H,5H2,1-3H3,(H2,16,17,18,19)/t8-/m1/s1. The molecule has 22 heavy (non-hydrogen) atoms. The third-order valence-electron chi connectivity index (χ3n) is 3.81. The van der Waals surface area contributed by atoms with Crippen molar-refractivity contribution in [2.45, 2.75) is 12.3 Å². The van der Waals surface area contributed by atoms with Crippen molar-refractivity contribution >= 4 is 11.7 Å². The Kier molecular flexibility index (Phi) is 3.62. The van der Waals surface area contributed by atoms with Crippen molar-refractivity contribution in [3.63, 3.8) is 0 Å². The van der Waals surface area contributed by atoms with Crippen LogP contribution in [0.1, 0.15) is 23.5 Å². The lowest BCUT2D eigenvalue weighted by Gasteiger charge is -2.24. The Bertz CT molecular complexity index is 711. The average molecular weight is 303 g/mol. The van der Waals surface area contributed by atoms with Crippen LogP contribution in [-0.4, -0.2) is 37.4 Å². The van der Waals surface area contributed by atoms with Crippen molar-refractivity contribution in [2.24, 2.45) is 0 Å². The number of hydrogen-bond donors (Lipinski definition) is 2. The molecule has 2 N–H and O–H groups in total. The molecule has 1 aliphatic heterocycles. The van der Waals surface area contributed by atoms with E-state index in [9.17, 15) is 4.79 Å². The molecule has 1 amide bonds. The molecule has 1 aromatic carbocycles. The maximum Gasteiger partial charge on any atom is 0.226 e. The van der Waals surface area contributed by atoms with Crippen molar-refractivity contribution in [3.05, 3.63) is 29.5 Å². The molecule has 1 aromatic heterocycles. The number of benzene rings is 1. The van der Waals surface area contributed by atoms with Crippen LogP contribution in [0, 0.1) is 0 Å². The van der Waals surface area contributed by atoms with Crippen LogP contribution in [0.2, 0.25) is 0 Å². The first kappa shape index (κ1) is 14.2. The molecule has 7 heteroatoms. The van der Waals surface area contributed by atoms with E-state index >= 15 is 0 Å². The zero-order valence-corrected chi connectivity index (χ0v) is 12.6. The molecule has 0 fully saturated rings. The molecule has 2 aromatic rings. The minimum atomic E-state index is -0.155. The molecule has 1 atom stereocenters. The summed E-state index contributed by atoms with van der Waals surface area (Å²) in [5.74, 6) is 2.21. The summed E-state index contributed by atoms with van der Waals surface area (Å²) in [4.78, 5) is 11.9. The van der Waals surface area contributed by atoms with Crippen LogP contribution in [0.5, 0.6) is 17.2 Å². The van der Waals surface area contributed by atoms with Crippen molar-refractivity contribution in [1.29, 1.82) is 0 Å². The predicted octanol–water partition coefficient (Wildman–Crippen LogP) is 1.91. The number of anilines is 1. The van der Waals surface area contributed by atoms with Crippen molar-refractivity contribution < 1.29 is 19.0 Å². The number of H-pyrrole nitrogens is 1. The van der Waals surface area contributed by atoms with Gasteiger partial charge in [0.2, 0.25) is 5.91 Å². The van der Waals surface area contributed by atoms with Gasteiger partial charge in [0.1, 0.15) is 11.6 Å². The number of hydrogen-bond acceptors (Lipinski definition) is 5. The lowest BCUT2D eigenvalue weighted by atomic mass is 9.86. The van der Waals surface area contributed by atoms with Crippen molar-refractivity contribution in [1.82, 2.24) is 10.2 Å². The van der Waals surface area contributed by atoms with E-state index in [1.165, 1.54) is 0 Å². The van der Waals surface area contributed by atoms with E-state index in [0.29, 0.717) is 29.5 Å². The van der Waals surface area contributed by atoms with E-state index in [1.807, 2.05) is 6.07 Å². The second-order valence-electron chi connectivity index (χ2n) is 4.95. The third-order valence-corrected chi connectivity index (χ3v) is 3.81. The molecule has 0 spiro atoms. The van der Waals surface area contributed by atoms with E-state index < -0.39 is 0 Å². The van der Waals surface area contributed by atoms with Gasteiger partial charge in [-0.3, -0.25) is 9.89 Å². The number of aromatic amines is 1. The molecule has 0 aliphatic carbocycles. The minimum absolute atomic E-state index is 0.0708. The first-order valence-electron chi connectivity index (χ1n) is 6.81. The van der Waals surface area contributed by atoms with Gasteiger partial charge in [-0.25, -0.2) is 0 Å².